The fraction of sp³-hybridized carbons (Fsp3) is 0.192. The Hall–Kier alpha value is -3.94. The number of fused-ring (bicyclic) bond motifs is 1. The van der Waals surface area contributed by atoms with Gasteiger partial charge >= 0.3 is 6.36 Å². The van der Waals surface area contributed by atoms with Gasteiger partial charge in [-0.1, -0.05) is 18.2 Å². The molecule has 8 heteroatoms. The standard InChI is InChI=1S/C26H22F3N3O2/c1-17-4-3-5-18(2)23(17)12-21(33)14-30-13-19-6-11-25-31-24(16-32(25)15-19)20-7-9-22(10-8-20)34-26(27,28)29/h3-11,13,15-16H,12,14H2,1-2H3. The number of ketones is 1. The summed E-state index contributed by atoms with van der Waals surface area (Å²) in [5, 5.41) is 0. The van der Waals surface area contributed by atoms with Gasteiger partial charge in [0.1, 0.15) is 11.4 Å². The molecule has 34 heavy (non-hydrogen) atoms. The van der Waals surface area contributed by atoms with E-state index in [4.69, 9.17) is 0 Å². The van der Waals surface area contributed by atoms with Gasteiger partial charge in [0.15, 0.2) is 5.78 Å². The maximum atomic E-state index is 12.4. The molecule has 2 aromatic heterocycles. The van der Waals surface area contributed by atoms with Crippen molar-refractivity contribution in [3.63, 3.8) is 0 Å². The first-order valence-corrected chi connectivity index (χ1v) is 10.6. The number of ether oxygens (including phenoxy) is 1. The number of imidazole rings is 1. The molecule has 0 radical (unpaired) electrons. The second kappa shape index (κ2) is 9.51. The predicted molar refractivity (Wildman–Crippen MR) is 124 cm³/mol. The van der Waals surface area contributed by atoms with Crippen molar-refractivity contribution in [2.45, 2.75) is 26.6 Å². The van der Waals surface area contributed by atoms with E-state index in [1.807, 2.05) is 50.4 Å². The van der Waals surface area contributed by atoms with Gasteiger partial charge in [-0.05, 0) is 66.9 Å². The van der Waals surface area contributed by atoms with E-state index in [-0.39, 0.29) is 18.1 Å². The van der Waals surface area contributed by atoms with Gasteiger partial charge in [0.05, 0.1) is 12.2 Å². The summed E-state index contributed by atoms with van der Waals surface area (Å²) in [6.45, 7) is 4.09. The lowest BCUT2D eigenvalue weighted by Crippen LogP contribution is -2.16. The molecule has 0 aliphatic heterocycles. The van der Waals surface area contributed by atoms with Crippen LogP contribution in [0.1, 0.15) is 22.3 Å². The minimum Gasteiger partial charge on any atom is -0.406 e. The lowest BCUT2D eigenvalue weighted by Gasteiger charge is -2.08. The highest BCUT2D eigenvalue weighted by molar-refractivity contribution is 5.87. The number of aryl methyl sites for hydroxylation is 2. The Balaban J connectivity index is 1.43. The third-order valence-electron chi connectivity index (χ3n) is 5.38. The number of aliphatic imine (C=N–C) groups is 1. The van der Waals surface area contributed by atoms with Gasteiger partial charge in [-0.3, -0.25) is 9.79 Å². The van der Waals surface area contributed by atoms with E-state index in [0.29, 0.717) is 23.3 Å². The molecule has 0 aliphatic carbocycles. The summed E-state index contributed by atoms with van der Waals surface area (Å²) in [5.41, 5.74) is 5.98. The number of halogens is 3. The minimum atomic E-state index is -4.73. The van der Waals surface area contributed by atoms with E-state index in [2.05, 4.69) is 14.7 Å². The molecular weight excluding hydrogens is 443 g/mol. The molecule has 4 aromatic rings. The Morgan fingerprint density at radius 1 is 1.03 bits per heavy atom. The van der Waals surface area contributed by atoms with E-state index in [0.717, 1.165) is 22.3 Å². The zero-order valence-electron chi connectivity index (χ0n) is 18.6. The quantitative estimate of drug-likeness (QED) is 0.327. The molecule has 0 saturated heterocycles. The molecular formula is C26H22F3N3O2. The van der Waals surface area contributed by atoms with E-state index in [9.17, 15) is 18.0 Å². The molecule has 0 saturated carbocycles. The van der Waals surface area contributed by atoms with Gasteiger partial charge in [-0.25, -0.2) is 4.98 Å². The Labute approximate surface area is 194 Å². The first-order valence-electron chi connectivity index (χ1n) is 10.6. The number of carbonyl (C=O) groups excluding carboxylic acids is 1. The maximum Gasteiger partial charge on any atom is 0.573 e. The van der Waals surface area contributed by atoms with Crippen LogP contribution in [0.5, 0.6) is 5.75 Å². The molecule has 0 aliphatic rings. The van der Waals surface area contributed by atoms with Crippen molar-refractivity contribution in [2.75, 3.05) is 6.54 Å². The highest BCUT2D eigenvalue weighted by atomic mass is 19.4. The zero-order chi connectivity index (χ0) is 24.3. The van der Waals surface area contributed by atoms with Crippen LogP contribution in [0.2, 0.25) is 0 Å². The molecule has 2 heterocycles. The zero-order valence-corrected chi connectivity index (χ0v) is 18.6. The van der Waals surface area contributed by atoms with Crippen LogP contribution >= 0.6 is 0 Å². The normalized spacial score (nSPS) is 11.9. The van der Waals surface area contributed by atoms with Crippen LogP contribution in [0, 0.1) is 13.8 Å². The highest BCUT2D eigenvalue weighted by Gasteiger charge is 2.31. The average molecular weight is 465 g/mol. The number of benzene rings is 2. The van der Waals surface area contributed by atoms with Gasteiger partial charge in [-0.2, -0.15) is 0 Å². The molecule has 0 bridgehead atoms. The number of aromatic nitrogens is 2. The van der Waals surface area contributed by atoms with E-state index in [1.54, 1.807) is 16.8 Å². The number of hydrogen-bond acceptors (Lipinski definition) is 4. The van der Waals surface area contributed by atoms with E-state index >= 15 is 0 Å². The van der Waals surface area contributed by atoms with Crippen molar-refractivity contribution >= 4 is 17.6 Å². The summed E-state index contributed by atoms with van der Waals surface area (Å²) >= 11 is 0. The molecule has 0 fully saturated rings. The van der Waals surface area contributed by atoms with Crippen molar-refractivity contribution in [2.24, 2.45) is 4.99 Å². The molecule has 2 aromatic carbocycles. The average Bonchev–Trinajstić information content (AvgIpc) is 3.19. The Kier molecular flexibility index (Phi) is 6.49. The molecule has 0 amide bonds. The lowest BCUT2D eigenvalue weighted by molar-refractivity contribution is -0.274. The molecule has 5 nitrogen and oxygen atoms in total. The Morgan fingerprint density at radius 2 is 1.74 bits per heavy atom. The smallest absolute Gasteiger partial charge is 0.406 e. The summed E-state index contributed by atoms with van der Waals surface area (Å²) in [5.74, 6) is -0.247. The monoisotopic (exact) mass is 465 g/mol. The van der Waals surface area contributed by atoms with Crippen molar-refractivity contribution in [3.05, 3.63) is 89.2 Å². The summed E-state index contributed by atoms with van der Waals surface area (Å²) in [6, 6.07) is 15.2. The number of hydrogen-bond donors (Lipinski definition) is 0. The van der Waals surface area contributed by atoms with Crippen LogP contribution < -0.4 is 4.74 Å². The van der Waals surface area contributed by atoms with Crippen molar-refractivity contribution in [1.82, 2.24) is 9.38 Å². The predicted octanol–water partition coefficient (Wildman–Crippen LogP) is 5.75. The van der Waals surface area contributed by atoms with Crippen LogP contribution in [-0.2, 0) is 11.2 Å². The van der Waals surface area contributed by atoms with Gasteiger partial charge in [0, 0.05) is 36.2 Å². The Morgan fingerprint density at radius 3 is 2.41 bits per heavy atom. The second-order valence-electron chi connectivity index (χ2n) is 7.98. The van der Waals surface area contributed by atoms with Crippen LogP contribution in [-0.4, -0.2) is 34.3 Å². The van der Waals surface area contributed by atoms with E-state index < -0.39 is 6.36 Å². The first-order chi connectivity index (χ1) is 16.2. The van der Waals surface area contributed by atoms with Gasteiger partial charge in [-0.15, -0.1) is 13.2 Å². The van der Waals surface area contributed by atoms with Gasteiger partial charge in [0.2, 0.25) is 0 Å². The highest BCUT2D eigenvalue weighted by Crippen LogP contribution is 2.26. The molecule has 174 valence electrons. The molecule has 0 N–H and O–H groups in total. The van der Waals surface area contributed by atoms with Gasteiger partial charge in [0.25, 0.3) is 0 Å². The summed E-state index contributed by atoms with van der Waals surface area (Å²) in [6.07, 6.45) is 0.870. The van der Waals surface area contributed by atoms with Crippen LogP contribution in [0.4, 0.5) is 13.2 Å². The summed E-state index contributed by atoms with van der Waals surface area (Å²) < 4.78 is 42.7. The summed E-state index contributed by atoms with van der Waals surface area (Å²) in [7, 11) is 0. The van der Waals surface area contributed by atoms with E-state index in [1.165, 1.54) is 24.3 Å². The molecule has 0 spiro atoms. The third-order valence-corrected chi connectivity index (χ3v) is 5.38. The molecule has 0 unspecified atom stereocenters. The fourth-order valence-electron chi connectivity index (χ4n) is 3.69. The third kappa shape index (κ3) is 5.70. The maximum absolute atomic E-state index is 12.4. The van der Waals surface area contributed by atoms with Gasteiger partial charge < -0.3 is 9.14 Å². The Bertz CT molecular complexity index is 1340. The van der Waals surface area contributed by atoms with Crippen molar-refractivity contribution in [3.8, 4) is 17.0 Å². The minimum absolute atomic E-state index is 0.0394. The van der Waals surface area contributed by atoms with Crippen molar-refractivity contribution < 1.29 is 22.7 Å². The molecule has 4 rings (SSSR count). The number of rotatable bonds is 7. The number of carbonyl (C=O) groups is 1. The SMILES string of the molecule is Cc1cccc(C)c1CC(=O)CN=Cc1ccc2nc(-c3ccc(OC(F)(F)F)cc3)cn2c1. The largest absolute Gasteiger partial charge is 0.573 e. The number of pyridine rings is 1. The summed E-state index contributed by atoms with van der Waals surface area (Å²) in [4.78, 5) is 21.2. The number of nitrogens with zero attached hydrogens (tertiary/aromatic N) is 3. The van der Waals surface area contributed by atoms with Crippen molar-refractivity contribution in [1.29, 1.82) is 0 Å². The second-order valence-corrected chi connectivity index (χ2v) is 7.98. The fourth-order valence-corrected chi connectivity index (χ4v) is 3.69. The topological polar surface area (TPSA) is 56.0 Å². The number of alkyl halides is 3. The lowest BCUT2D eigenvalue weighted by atomic mass is 9.98. The van der Waals surface area contributed by atoms with Crippen LogP contribution in [0.3, 0.4) is 0 Å². The first kappa shape index (κ1) is 23.2. The number of Topliss-reactive ketones (excluding diaryl/α,β-unsaturated/α-hetero) is 1. The molecule has 0 atom stereocenters. The van der Waals surface area contributed by atoms with Crippen LogP contribution in [0.25, 0.3) is 16.9 Å². The van der Waals surface area contributed by atoms with Crippen LogP contribution in [0.15, 0.2) is 72.0 Å².